The lowest BCUT2D eigenvalue weighted by Crippen LogP contribution is -2.17. The number of amides is 1. The molecule has 0 unspecified atom stereocenters. The Morgan fingerprint density at radius 2 is 1.86 bits per heavy atom. The molecule has 0 saturated carbocycles. The number of benzene rings is 2. The van der Waals surface area contributed by atoms with Crippen LogP contribution >= 0.6 is 11.8 Å². The third kappa shape index (κ3) is 3.72. The summed E-state index contributed by atoms with van der Waals surface area (Å²) in [5.74, 6) is 0.571. The molecule has 148 valence electrons. The first-order chi connectivity index (χ1) is 14.0. The highest BCUT2D eigenvalue weighted by molar-refractivity contribution is 7.99. The average Bonchev–Trinajstić information content (AvgIpc) is 3.11. The molecule has 0 aliphatic heterocycles. The molecule has 0 aliphatic carbocycles. The minimum Gasteiger partial charge on any atom is -0.325 e. The second kappa shape index (κ2) is 7.87. The van der Waals surface area contributed by atoms with Gasteiger partial charge in [-0.05, 0) is 48.6 Å². The van der Waals surface area contributed by atoms with Crippen LogP contribution < -0.4 is 5.32 Å². The molecule has 29 heavy (non-hydrogen) atoms. The van der Waals surface area contributed by atoms with Crippen molar-refractivity contribution in [3.63, 3.8) is 0 Å². The number of para-hydroxylation sites is 2. The van der Waals surface area contributed by atoms with Gasteiger partial charge in [0.1, 0.15) is 0 Å². The number of fused-ring (bicyclic) bond motifs is 3. The molecule has 2 aromatic carbocycles. The summed E-state index contributed by atoms with van der Waals surface area (Å²) in [6, 6.07) is 16.3. The molecule has 0 bridgehead atoms. The van der Waals surface area contributed by atoms with Crippen LogP contribution in [0.5, 0.6) is 0 Å². The predicted molar refractivity (Wildman–Crippen MR) is 120 cm³/mol. The Bertz CT molecular complexity index is 1210. The number of aromatic nitrogens is 3. The van der Waals surface area contributed by atoms with E-state index in [0.29, 0.717) is 5.92 Å². The van der Waals surface area contributed by atoms with Crippen molar-refractivity contribution in [2.24, 2.45) is 0 Å². The van der Waals surface area contributed by atoms with Crippen LogP contribution in [0.3, 0.4) is 0 Å². The maximum Gasteiger partial charge on any atom is 0.234 e. The number of nitrogens with one attached hydrogen (secondary N) is 1. The third-order valence-corrected chi connectivity index (χ3v) is 6.03. The number of carbonyl (C=O) groups excluding carboxylic acids is 1. The quantitative estimate of drug-likeness (QED) is 0.455. The van der Waals surface area contributed by atoms with E-state index in [1.54, 1.807) is 0 Å². The topological polar surface area (TPSA) is 59.3 Å². The van der Waals surface area contributed by atoms with Crippen LogP contribution in [0.25, 0.3) is 16.6 Å². The molecule has 4 aromatic rings. The zero-order valence-electron chi connectivity index (χ0n) is 17.1. The van der Waals surface area contributed by atoms with Crippen LogP contribution in [0.2, 0.25) is 0 Å². The van der Waals surface area contributed by atoms with Gasteiger partial charge in [-0.3, -0.25) is 9.20 Å². The summed E-state index contributed by atoms with van der Waals surface area (Å²) < 4.78 is 2.02. The molecule has 6 heteroatoms. The van der Waals surface area contributed by atoms with E-state index in [4.69, 9.17) is 0 Å². The van der Waals surface area contributed by atoms with Gasteiger partial charge in [-0.1, -0.05) is 62.0 Å². The van der Waals surface area contributed by atoms with Gasteiger partial charge in [0.2, 0.25) is 5.91 Å². The number of thioether (sulfide) groups is 1. The molecule has 1 N–H and O–H groups in total. The minimum absolute atomic E-state index is 0.0423. The summed E-state index contributed by atoms with van der Waals surface area (Å²) in [7, 11) is 0. The lowest BCUT2D eigenvalue weighted by atomic mass is 9.98. The summed E-state index contributed by atoms with van der Waals surface area (Å²) in [5, 5.41) is 13.6. The fourth-order valence-electron chi connectivity index (χ4n) is 3.62. The Morgan fingerprint density at radius 1 is 1.07 bits per heavy atom. The molecular formula is C23H24N4OS. The molecule has 5 nitrogen and oxygen atoms in total. The standard InChI is InChI=1S/C23H24N4OS/c1-14(2)17-10-7-8-15(3)22(17)24-21(28)13-29-23-26-25-20-12-16(4)18-9-5-6-11-19(18)27(20)23/h5-12,14H,13H2,1-4H3,(H,24,28). The molecular weight excluding hydrogens is 380 g/mol. The van der Waals surface area contributed by atoms with Crippen LogP contribution in [-0.4, -0.2) is 26.3 Å². The van der Waals surface area contributed by atoms with Gasteiger partial charge in [0, 0.05) is 11.1 Å². The lowest BCUT2D eigenvalue weighted by Gasteiger charge is -2.16. The number of carbonyl (C=O) groups is 1. The molecule has 0 radical (unpaired) electrons. The first-order valence-electron chi connectivity index (χ1n) is 9.71. The molecule has 0 spiro atoms. The number of hydrogen-bond donors (Lipinski definition) is 1. The van der Waals surface area contributed by atoms with Crippen LogP contribution in [-0.2, 0) is 4.79 Å². The van der Waals surface area contributed by atoms with E-state index >= 15 is 0 Å². The molecule has 2 aromatic heterocycles. The van der Waals surface area contributed by atoms with Crippen molar-refractivity contribution >= 4 is 39.9 Å². The molecule has 0 fully saturated rings. The smallest absolute Gasteiger partial charge is 0.234 e. The molecule has 4 rings (SSSR count). The van der Waals surface area contributed by atoms with E-state index in [9.17, 15) is 4.79 Å². The summed E-state index contributed by atoms with van der Waals surface area (Å²) >= 11 is 1.40. The maximum absolute atomic E-state index is 12.7. The molecule has 2 heterocycles. The average molecular weight is 405 g/mol. The van der Waals surface area contributed by atoms with Gasteiger partial charge in [-0.2, -0.15) is 0 Å². The van der Waals surface area contributed by atoms with Crippen molar-refractivity contribution in [1.29, 1.82) is 0 Å². The Kier molecular flexibility index (Phi) is 5.28. The van der Waals surface area contributed by atoms with Crippen molar-refractivity contribution in [3.8, 4) is 0 Å². The van der Waals surface area contributed by atoms with Crippen molar-refractivity contribution < 1.29 is 4.79 Å². The molecule has 0 aliphatic rings. The highest BCUT2D eigenvalue weighted by Crippen LogP contribution is 2.29. The van der Waals surface area contributed by atoms with Crippen LogP contribution in [0.1, 0.15) is 36.5 Å². The summed E-state index contributed by atoms with van der Waals surface area (Å²) in [5.41, 5.74) is 6.15. The highest BCUT2D eigenvalue weighted by Gasteiger charge is 2.15. The van der Waals surface area contributed by atoms with Gasteiger partial charge < -0.3 is 5.32 Å². The van der Waals surface area contributed by atoms with E-state index < -0.39 is 0 Å². The van der Waals surface area contributed by atoms with Crippen LogP contribution in [0.15, 0.2) is 53.7 Å². The second-order valence-electron chi connectivity index (χ2n) is 7.55. The number of anilines is 1. The maximum atomic E-state index is 12.7. The first-order valence-corrected chi connectivity index (χ1v) is 10.7. The number of aryl methyl sites for hydroxylation is 2. The normalized spacial score (nSPS) is 11.5. The molecule has 0 saturated heterocycles. The fraction of sp³-hybridized carbons (Fsp3) is 0.261. The van der Waals surface area contributed by atoms with Crippen LogP contribution in [0.4, 0.5) is 5.69 Å². The molecule has 1 amide bonds. The van der Waals surface area contributed by atoms with Crippen molar-refractivity contribution in [2.45, 2.75) is 38.8 Å². The third-order valence-electron chi connectivity index (χ3n) is 5.10. The summed E-state index contributed by atoms with van der Waals surface area (Å²) in [4.78, 5) is 12.7. The largest absolute Gasteiger partial charge is 0.325 e. The zero-order chi connectivity index (χ0) is 20.5. The van der Waals surface area contributed by atoms with E-state index in [1.807, 2.05) is 41.7 Å². The van der Waals surface area contributed by atoms with Gasteiger partial charge in [0.15, 0.2) is 10.8 Å². The van der Waals surface area contributed by atoms with Gasteiger partial charge >= 0.3 is 0 Å². The number of hydrogen-bond acceptors (Lipinski definition) is 4. The van der Waals surface area contributed by atoms with E-state index in [0.717, 1.165) is 44.1 Å². The Morgan fingerprint density at radius 3 is 2.66 bits per heavy atom. The zero-order valence-corrected chi connectivity index (χ0v) is 17.9. The Balaban J connectivity index is 1.58. The summed E-state index contributed by atoms with van der Waals surface area (Å²) in [6.45, 7) is 8.37. The van der Waals surface area contributed by atoms with E-state index in [1.165, 1.54) is 11.8 Å². The fourth-order valence-corrected chi connectivity index (χ4v) is 4.37. The van der Waals surface area contributed by atoms with E-state index in [2.05, 4.69) is 54.5 Å². The van der Waals surface area contributed by atoms with Crippen molar-refractivity contribution in [3.05, 3.63) is 65.2 Å². The van der Waals surface area contributed by atoms with Crippen molar-refractivity contribution in [1.82, 2.24) is 14.6 Å². The number of rotatable bonds is 5. The number of pyridine rings is 1. The SMILES string of the molecule is Cc1cccc(C(C)C)c1NC(=O)CSc1nnc2cc(C)c3ccccc3n12. The first kappa shape index (κ1) is 19.5. The van der Waals surface area contributed by atoms with Gasteiger partial charge in [-0.25, -0.2) is 0 Å². The number of nitrogens with zero attached hydrogens (tertiary/aromatic N) is 3. The molecule has 0 atom stereocenters. The van der Waals surface area contributed by atoms with Crippen molar-refractivity contribution in [2.75, 3.05) is 11.1 Å². The summed E-state index contributed by atoms with van der Waals surface area (Å²) in [6.07, 6.45) is 0. The Labute approximate surface area is 174 Å². The van der Waals surface area contributed by atoms with Gasteiger partial charge in [0.25, 0.3) is 0 Å². The second-order valence-corrected chi connectivity index (χ2v) is 8.49. The lowest BCUT2D eigenvalue weighted by molar-refractivity contribution is -0.113. The minimum atomic E-state index is -0.0423. The van der Waals surface area contributed by atoms with Crippen LogP contribution in [0, 0.1) is 13.8 Å². The Hall–Kier alpha value is -2.86. The monoisotopic (exact) mass is 404 g/mol. The highest BCUT2D eigenvalue weighted by atomic mass is 32.2. The predicted octanol–water partition coefficient (Wildman–Crippen LogP) is 5.35. The van der Waals surface area contributed by atoms with Gasteiger partial charge in [0.05, 0.1) is 11.3 Å². The van der Waals surface area contributed by atoms with Gasteiger partial charge in [-0.15, -0.1) is 10.2 Å². The van der Waals surface area contributed by atoms with E-state index in [-0.39, 0.29) is 11.7 Å².